The summed E-state index contributed by atoms with van der Waals surface area (Å²) in [7, 11) is 1.47. The quantitative estimate of drug-likeness (QED) is 0.200. The number of esters is 2. The van der Waals surface area contributed by atoms with Crippen molar-refractivity contribution in [2.45, 2.75) is 122 Å². The number of ether oxygens (including phenoxy) is 2. The van der Waals surface area contributed by atoms with Crippen LogP contribution in [-0.4, -0.2) is 40.8 Å². The molecule has 3 aliphatic carbocycles. The van der Waals surface area contributed by atoms with Gasteiger partial charge in [0.05, 0.1) is 7.11 Å². The van der Waals surface area contributed by atoms with Crippen molar-refractivity contribution < 1.29 is 29.2 Å². The zero-order chi connectivity index (χ0) is 27.2. The molecule has 1 heterocycles. The number of carbonyl (C=O) groups is 2. The van der Waals surface area contributed by atoms with Crippen molar-refractivity contribution in [3.63, 3.8) is 0 Å². The van der Waals surface area contributed by atoms with Crippen LogP contribution in [0.1, 0.15) is 106 Å². The highest BCUT2D eigenvalue weighted by Crippen LogP contribution is 2.69. The Hall–Kier alpha value is -1.05. The van der Waals surface area contributed by atoms with E-state index in [2.05, 4.69) is 32.5 Å². The van der Waals surface area contributed by atoms with Crippen molar-refractivity contribution in [3.8, 4) is 0 Å². The molecule has 3 fully saturated rings. The van der Waals surface area contributed by atoms with Crippen molar-refractivity contribution in [2.24, 2.45) is 35.0 Å². The second-order valence-electron chi connectivity index (χ2n) is 13.3. The molecule has 0 aromatic heterocycles. The molecule has 6 nitrogen and oxygen atoms in total. The van der Waals surface area contributed by atoms with E-state index in [9.17, 15) is 14.8 Å². The summed E-state index contributed by atoms with van der Waals surface area (Å²) in [6, 6.07) is 0. The van der Waals surface area contributed by atoms with Crippen LogP contribution in [0.15, 0.2) is 10.5 Å². The zero-order valence-corrected chi connectivity index (χ0v) is 24.7. The molecule has 0 bridgehead atoms. The van der Waals surface area contributed by atoms with Crippen LogP contribution in [0.3, 0.4) is 0 Å². The number of allylic oxidation sites excluding steroid dienone is 1. The van der Waals surface area contributed by atoms with E-state index in [0.717, 1.165) is 25.7 Å². The van der Waals surface area contributed by atoms with E-state index in [1.54, 1.807) is 5.57 Å². The predicted molar refractivity (Wildman–Crippen MR) is 146 cm³/mol. The molecule has 0 unspecified atom stereocenters. The maximum atomic E-state index is 11.9. The summed E-state index contributed by atoms with van der Waals surface area (Å²) in [5.41, 5.74) is 1.04. The molecule has 4 aliphatic rings. The van der Waals surface area contributed by atoms with Gasteiger partial charge in [0, 0.05) is 24.5 Å². The molecular weight excluding hydrogens is 488 g/mol. The van der Waals surface area contributed by atoms with Gasteiger partial charge in [0.2, 0.25) is 0 Å². The molecule has 0 aromatic carbocycles. The summed E-state index contributed by atoms with van der Waals surface area (Å²) in [5.74, 6) is 2.34. The lowest BCUT2D eigenvalue weighted by Gasteiger charge is -2.58. The van der Waals surface area contributed by atoms with Gasteiger partial charge in [-0.2, -0.15) is 0 Å². The van der Waals surface area contributed by atoms with Crippen LogP contribution in [0.25, 0.3) is 0 Å². The number of fused-ring (bicyclic) bond motifs is 5. The van der Waals surface area contributed by atoms with Gasteiger partial charge >= 0.3 is 11.9 Å². The third kappa shape index (κ3) is 5.51. The Morgan fingerprint density at radius 3 is 2.54 bits per heavy atom. The Labute approximate surface area is 227 Å². The third-order valence-electron chi connectivity index (χ3n) is 10.5. The van der Waals surface area contributed by atoms with Crippen molar-refractivity contribution in [2.75, 3.05) is 7.11 Å². The molecule has 0 spiro atoms. The van der Waals surface area contributed by atoms with Gasteiger partial charge in [-0.1, -0.05) is 19.4 Å². The summed E-state index contributed by atoms with van der Waals surface area (Å²) in [4.78, 5) is 29.9. The van der Waals surface area contributed by atoms with E-state index in [1.165, 1.54) is 44.6 Å². The fraction of sp³-hybridized carbons (Fsp3) is 0.867. The molecule has 0 aromatic rings. The lowest BCUT2D eigenvalue weighted by Crippen LogP contribution is -2.51. The third-order valence-corrected chi connectivity index (χ3v) is 12.2. The van der Waals surface area contributed by atoms with E-state index in [0.29, 0.717) is 42.4 Å². The normalized spacial score (nSPS) is 38.3. The second-order valence-corrected chi connectivity index (χ2v) is 14.9. The van der Waals surface area contributed by atoms with Crippen LogP contribution < -0.4 is 0 Å². The summed E-state index contributed by atoms with van der Waals surface area (Å²) >= 11 is 2.06. The van der Waals surface area contributed by atoms with Crippen LogP contribution in [0.2, 0.25) is 0 Å². The minimum Gasteiger partial charge on any atom is -0.469 e. The largest absolute Gasteiger partial charge is 0.469 e. The topological polar surface area (TPSA) is 82.1 Å². The van der Waals surface area contributed by atoms with Crippen LogP contribution in [0, 0.1) is 35.0 Å². The molecular formula is C30H48O6S. The zero-order valence-electron chi connectivity index (χ0n) is 23.9. The van der Waals surface area contributed by atoms with Gasteiger partial charge in [0.25, 0.3) is 0 Å². The van der Waals surface area contributed by atoms with E-state index in [1.807, 2.05) is 13.8 Å². The maximum absolute atomic E-state index is 11.9. The first kappa shape index (κ1) is 28.9. The predicted octanol–water partition coefficient (Wildman–Crippen LogP) is 7.17. The molecule has 37 heavy (non-hydrogen) atoms. The molecule has 1 aliphatic heterocycles. The number of carbonyl (C=O) groups excluding carboxylic acids is 2. The average molecular weight is 537 g/mol. The molecule has 8 atom stereocenters. The minimum atomic E-state index is -0.661. The number of hydrogen-bond acceptors (Lipinski definition) is 7. The number of rotatable bonds is 8. The van der Waals surface area contributed by atoms with Gasteiger partial charge in [-0.05, 0) is 112 Å². The van der Waals surface area contributed by atoms with Gasteiger partial charge in [-0.25, -0.2) is 4.89 Å². The van der Waals surface area contributed by atoms with Gasteiger partial charge in [0.15, 0.2) is 0 Å². The molecule has 0 radical (unpaired) electrons. The first-order chi connectivity index (χ1) is 17.3. The first-order valence-corrected chi connectivity index (χ1v) is 15.2. The molecule has 210 valence electrons. The lowest BCUT2D eigenvalue weighted by atomic mass is 9.52. The Bertz CT molecular complexity index is 914. The molecule has 7 heteroatoms. The smallest absolute Gasteiger partial charge is 0.305 e. The summed E-state index contributed by atoms with van der Waals surface area (Å²) in [5, 5.41) is 9.75. The maximum Gasteiger partial charge on any atom is 0.305 e. The number of methoxy groups -OCH3 is 1. The van der Waals surface area contributed by atoms with Gasteiger partial charge in [-0.15, -0.1) is 11.8 Å². The summed E-state index contributed by atoms with van der Waals surface area (Å²) in [6.07, 6.45) is 9.74. The lowest BCUT2D eigenvalue weighted by molar-refractivity contribution is -0.311. The minimum absolute atomic E-state index is 0.0291. The first-order valence-electron chi connectivity index (χ1n) is 14.3. The highest BCUT2D eigenvalue weighted by atomic mass is 32.2. The van der Waals surface area contributed by atoms with Crippen LogP contribution >= 0.6 is 11.8 Å². The highest BCUT2D eigenvalue weighted by molar-refractivity contribution is 8.04. The standard InChI is InChI=1S/C30H48O6S/c1-18(8-13-26(32)34-7)23-11-12-24-22-10-9-20-16-21(35-19(2)31)14-15-29(20,5)27(22)25(37-30(23,24)6)17-28(3,4)36-33/h18,20-24,33H,8-17H2,1-7H3/t18-,20-,21-,22+,23-,24+,29+,30-/m1/s1. The SMILES string of the molecule is COC(=O)CC[C@@H](C)[C@H]1CC[C@H]2[C@@H]3CC[C@@H]4C[C@H](OC(C)=O)CC[C@]4(C)C3=C(CC(C)(C)OO)S[C@]12C. The Morgan fingerprint density at radius 2 is 1.89 bits per heavy atom. The molecule has 4 rings (SSSR count). The fourth-order valence-electron chi connectivity index (χ4n) is 8.70. The van der Waals surface area contributed by atoms with Gasteiger partial charge < -0.3 is 9.47 Å². The monoisotopic (exact) mass is 536 g/mol. The molecule has 0 amide bonds. The van der Waals surface area contributed by atoms with Crippen molar-refractivity contribution >= 4 is 23.7 Å². The van der Waals surface area contributed by atoms with Crippen LogP contribution in [0.5, 0.6) is 0 Å². The molecule has 0 saturated heterocycles. The van der Waals surface area contributed by atoms with Crippen LogP contribution in [0.4, 0.5) is 0 Å². The fourth-order valence-corrected chi connectivity index (χ4v) is 11.1. The van der Waals surface area contributed by atoms with Gasteiger partial charge in [-0.3, -0.25) is 14.8 Å². The van der Waals surface area contributed by atoms with E-state index >= 15 is 0 Å². The molecule has 1 N–H and O–H groups in total. The van der Waals surface area contributed by atoms with Crippen molar-refractivity contribution in [3.05, 3.63) is 10.5 Å². The Balaban J connectivity index is 1.68. The Kier molecular flexibility index (Phi) is 8.48. The number of hydrogen-bond donors (Lipinski definition) is 1. The van der Waals surface area contributed by atoms with E-state index in [-0.39, 0.29) is 28.2 Å². The number of thioether (sulfide) groups is 1. The van der Waals surface area contributed by atoms with E-state index in [4.69, 9.17) is 14.4 Å². The van der Waals surface area contributed by atoms with E-state index < -0.39 is 5.60 Å². The molecule has 3 saturated carbocycles. The highest BCUT2D eigenvalue weighted by Gasteiger charge is 2.60. The second kappa shape index (κ2) is 10.8. The van der Waals surface area contributed by atoms with Crippen LogP contribution in [-0.2, 0) is 24.0 Å². The Morgan fingerprint density at radius 1 is 1.16 bits per heavy atom. The van der Waals surface area contributed by atoms with Gasteiger partial charge in [0.1, 0.15) is 11.7 Å². The average Bonchev–Trinajstić information content (AvgIpc) is 3.18. The summed E-state index contributed by atoms with van der Waals surface area (Å²) in [6.45, 7) is 12.7. The van der Waals surface area contributed by atoms with Crippen molar-refractivity contribution in [1.82, 2.24) is 0 Å². The van der Waals surface area contributed by atoms with Crippen molar-refractivity contribution in [1.29, 1.82) is 0 Å². The summed E-state index contributed by atoms with van der Waals surface area (Å²) < 4.78 is 10.7.